The standard InChI is InChI=1S/C30H40N2O6/c1-6-31(7-2)18-11-19-32-27(22-14-17-24(37-9-4)25(20-22)38-10-5)26(29(34)30(32)35)28(33)21-12-15-23(16-13-21)36-8-3/h12-17,20,27,33H,6-11,18-19H2,1-5H3/b28-26+. The number of ether oxygens (including phenoxy) is 3. The fraction of sp³-hybridized carbons (Fsp3) is 0.467. The molecule has 1 heterocycles. The lowest BCUT2D eigenvalue weighted by Crippen LogP contribution is -3.11. The van der Waals surface area contributed by atoms with E-state index in [9.17, 15) is 14.7 Å². The van der Waals surface area contributed by atoms with Gasteiger partial charge in [0.05, 0.1) is 45.5 Å². The second kappa shape index (κ2) is 13.9. The van der Waals surface area contributed by atoms with Crippen LogP contribution in [0.2, 0.25) is 0 Å². The van der Waals surface area contributed by atoms with Gasteiger partial charge in [0.15, 0.2) is 11.5 Å². The Balaban J connectivity index is 2.08. The highest BCUT2D eigenvalue weighted by Crippen LogP contribution is 2.41. The summed E-state index contributed by atoms with van der Waals surface area (Å²) in [5.74, 6) is -0.140. The zero-order valence-corrected chi connectivity index (χ0v) is 23.2. The van der Waals surface area contributed by atoms with Crippen LogP contribution >= 0.6 is 0 Å². The summed E-state index contributed by atoms with van der Waals surface area (Å²) < 4.78 is 17.0. The molecule has 1 aliphatic rings. The van der Waals surface area contributed by atoms with Crippen LogP contribution in [0.5, 0.6) is 17.2 Å². The average Bonchev–Trinajstić information content (AvgIpc) is 3.17. The molecule has 8 heteroatoms. The van der Waals surface area contributed by atoms with Crippen molar-refractivity contribution in [3.8, 4) is 17.2 Å². The monoisotopic (exact) mass is 524 g/mol. The third-order valence-corrected chi connectivity index (χ3v) is 6.77. The van der Waals surface area contributed by atoms with Gasteiger partial charge in [0, 0.05) is 18.5 Å². The fourth-order valence-electron chi connectivity index (χ4n) is 4.81. The SMILES string of the molecule is CCOc1ccc(/C([O-])=C2\C(=O)C(=O)N(CCC[NH+](CC)CC)C2c2ccc(OCC)c(OCC)c2)cc1. The van der Waals surface area contributed by atoms with Gasteiger partial charge in [-0.3, -0.25) is 9.59 Å². The van der Waals surface area contributed by atoms with E-state index in [2.05, 4.69) is 13.8 Å². The number of rotatable bonds is 14. The van der Waals surface area contributed by atoms with E-state index in [0.29, 0.717) is 61.2 Å². The first-order valence-corrected chi connectivity index (χ1v) is 13.6. The number of amides is 1. The molecular weight excluding hydrogens is 484 g/mol. The van der Waals surface area contributed by atoms with Crippen LogP contribution in [0.25, 0.3) is 5.76 Å². The number of ketones is 1. The summed E-state index contributed by atoms with van der Waals surface area (Å²) >= 11 is 0. The first-order chi connectivity index (χ1) is 18.4. The topological polar surface area (TPSA) is 92.6 Å². The Morgan fingerprint density at radius 3 is 2.11 bits per heavy atom. The van der Waals surface area contributed by atoms with Crippen LogP contribution in [0.3, 0.4) is 0 Å². The maximum absolute atomic E-state index is 13.7. The molecule has 1 aliphatic heterocycles. The van der Waals surface area contributed by atoms with Gasteiger partial charge >= 0.3 is 0 Å². The molecule has 0 aliphatic carbocycles. The summed E-state index contributed by atoms with van der Waals surface area (Å²) in [5, 5.41) is 13.7. The molecule has 2 aromatic rings. The molecule has 8 nitrogen and oxygen atoms in total. The van der Waals surface area contributed by atoms with Crippen LogP contribution in [0.4, 0.5) is 0 Å². The Hall–Kier alpha value is -3.52. The lowest BCUT2D eigenvalue weighted by Gasteiger charge is -2.28. The molecule has 1 saturated heterocycles. The van der Waals surface area contributed by atoms with E-state index in [4.69, 9.17) is 14.2 Å². The van der Waals surface area contributed by atoms with Crippen LogP contribution in [0.1, 0.15) is 58.2 Å². The lowest BCUT2D eigenvalue weighted by atomic mass is 9.95. The number of benzene rings is 2. The third-order valence-electron chi connectivity index (χ3n) is 6.77. The molecule has 0 radical (unpaired) electrons. The highest BCUT2D eigenvalue weighted by molar-refractivity contribution is 6.46. The summed E-state index contributed by atoms with van der Waals surface area (Å²) in [6.45, 7) is 14.5. The molecule has 38 heavy (non-hydrogen) atoms. The molecule has 1 unspecified atom stereocenters. The number of hydrogen-bond donors (Lipinski definition) is 1. The third kappa shape index (κ3) is 6.48. The Bertz CT molecular complexity index is 1120. The fourth-order valence-corrected chi connectivity index (χ4v) is 4.81. The van der Waals surface area contributed by atoms with Crippen molar-refractivity contribution in [1.82, 2.24) is 4.90 Å². The number of nitrogens with zero attached hydrogens (tertiary/aromatic N) is 1. The Labute approximate surface area is 225 Å². The molecule has 1 atom stereocenters. The van der Waals surface area contributed by atoms with Gasteiger partial charge < -0.3 is 29.1 Å². The van der Waals surface area contributed by atoms with Gasteiger partial charge in [0.2, 0.25) is 5.78 Å². The second-order valence-electron chi connectivity index (χ2n) is 9.06. The zero-order chi connectivity index (χ0) is 27.7. The molecule has 0 aromatic heterocycles. The Morgan fingerprint density at radius 2 is 1.50 bits per heavy atom. The largest absolute Gasteiger partial charge is 0.872 e. The Morgan fingerprint density at radius 1 is 0.868 bits per heavy atom. The number of likely N-dealkylation sites (tertiary alicyclic amines) is 1. The number of quaternary nitrogens is 1. The van der Waals surface area contributed by atoms with Crippen molar-refractivity contribution in [1.29, 1.82) is 0 Å². The second-order valence-corrected chi connectivity index (χ2v) is 9.06. The predicted octanol–water partition coefficient (Wildman–Crippen LogP) is 2.42. The summed E-state index contributed by atoms with van der Waals surface area (Å²) in [5.41, 5.74) is 0.932. The molecule has 0 bridgehead atoms. The quantitative estimate of drug-likeness (QED) is 0.232. The summed E-state index contributed by atoms with van der Waals surface area (Å²) in [6, 6.07) is 11.2. The highest BCUT2D eigenvalue weighted by Gasteiger charge is 2.44. The summed E-state index contributed by atoms with van der Waals surface area (Å²) in [4.78, 5) is 29.6. The van der Waals surface area contributed by atoms with Gasteiger partial charge in [0.25, 0.3) is 5.91 Å². The molecule has 206 valence electrons. The van der Waals surface area contributed by atoms with Crippen LogP contribution in [-0.4, -0.2) is 62.6 Å². The average molecular weight is 525 g/mol. The summed E-state index contributed by atoms with van der Waals surface area (Å²) in [6.07, 6.45) is 0.715. The van der Waals surface area contributed by atoms with Crippen LogP contribution in [0, 0.1) is 0 Å². The van der Waals surface area contributed by atoms with Crippen molar-refractivity contribution in [2.45, 2.75) is 47.1 Å². The van der Waals surface area contributed by atoms with E-state index < -0.39 is 23.5 Å². The first-order valence-electron chi connectivity index (χ1n) is 13.6. The van der Waals surface area contributed by atoms with Gasteiger partial charge in [-0.25, -0.2) is 0 Å². The molecule has 1 N–H and O–H groups in total. The number of hydrogen-bond acceptors (Lipinski definition) is 6. The lowest BCUT2D eigenvalue weighted by molar-refractivity contribution is -0.896. The van der Waals surface area contributed by atoms with Crippen molar-refractivity contribution in [3.63, 3.8) is 0 Å². The van der Waals surface area contributed by atoms with Gasteiger partial charge in [-0.2, -0.15) is 0 Å². The van der Waals surface area contributed by atoms with Gasteiger partial charge in [-0.15, -0.1) is 0 Å². The predicted molar refractivity (Wildman–Crippen MR) is 144 cm³/mol. The van der Waals surface area contributed by atoms with E-state index in [1.807, 2.05) is 20.8 Å². The van der Waals surface area contributed by atoms with Crippen molar-refractivity contribution in [2.75, 3.05) is 46.0 Å². The van der Waals surface area contributed by atoms with Crippen molar-refractivity contribution >= 4 is 17.4 Å². The van der Waals surface area contributed by atoms with Gasteiger partial charge in [-0.1, -0.05) is 24.0 Å². The molecule has 1 amide bonds. The highest BCUT2D eigenvalue weighted by atomic mass is 16.5. The molecule has 3 rings (SSSR count). The number of nitrogens with one attached hydrogen (secondary N) is 1. The first kappa shape index (κ1) is 29.0. The molecular formula is C30H40N2O6. The molecule has 1 fully saturated rings. The smallest absolute Gasteiger partial charge is 0.295 e. The van der Waals surface area contributed by atoms with Crippen molar-refractivity contribution < 1.29 is 33.8 Å². The minimum absolute atomic E-state index is 0.0408. The van der Waals surface area contributed by atoms with Gasteiger partial charge in [-0.05, 0) is 70.0 Å². The van der Waals surface area contributed by atoms with E-state index in [1.165, 1.54) is 4.90 Å². The molecule has 0 spiro atoms. The number of carbonyl (C=O) groups is 2. The minimum atomic E-state index is -0.810. The van der Waals surface area contributed by atoms with Crippen molar-refractivity contribution in [3.05, 3.63) is 59.2 Å². The minimum Gasteiger partial charge on any atom is -0.872 e. The van der Waals surface area contributed by atoms with Crippen molar-refractivity contribution in [2.24, 2.45) is 0 Å². The maximum Gasteiger partial charge on any atom is 0.295 e. The number of carbonyl (C=O) groups excluding carboxylic acids is 2. The summed E-state index contributed by atoms with van der Waals surface area (Å²) in [7, 11) is 0. The zero-order valence-electron chi connectivity index (χ0n) is 23.2. The van der Waals surface area contributed by atoms with E-state index in [1.54, 1.807) is 47.4 Å². The van der Waals surface area contributed by atoms with Crippen LogP contribution in [0.15, 0.2) is 48.0 Å². The van der Waals surface area contributed by atoms with Crippen LogP contribution in [-0.2, 0) is 9.59 Å². The maximum atomic E-state index is 13.7. The van der Waals surface area contributed by atoms with E-state index in [-0.39, 0.29) is 5.57 Å². The van der Waals surface area contributed by atoms with Gasteiger partial charge in [0.1, 0.15) is 5.75 Å². The normalized spacial score (nSPS) is 16.8. The molecule has 0 saturated carbocycles. The van der Waals surface area contributed by atoms with Crippen LogP contribution < -0.4 is 24.2 Å². The van der Waals surface area contributed by atoms with E-state index >= 15 is 0 Å². The Kier molecular flexibility index (Phi) is 10.6. The van der Waals surface area contributed by atoms with E-state index in [0.717, 1.165) is 19.6 Å². The molecule has 2 aromatic carbocycles. The number of Topliss-reactive ketones (excluding diaryl/α,β-unsaturated/α-hetero) is 1.